The molecule has 2 saturated heterocycles. The van der Waals surface area contributed by atoms with E-state index in [0.717, 1.165) is 24.1 Å². The van der Waals surface area contributed by atoms with Gasteiger partial charge in [-0.15, -0.1) is 0 Å². The number of carbonyl (C=O) groups excluding carboxylic acids is 2. The Morgan fingerprint density at radius 2 is 1.79 bits per heavy atom. The summed E-state index contributed by atoms with van der Waals surface area (Å²) in [6, 6.07) is 18.0. The number of rotatable bonds is 6. The molecule has 3 atom stereocenters. The maximum absolute atomic E-state index is 13.2. The van der Waals surface area contributed by atoms with E-state index in [4.69, 9.17) is 4.74 Å². The van der Waals surface area contributed by atoms with Crippen molar-refractivity contribution in [3.05, 3.63) is 71.3 Å². The van der Waals surface area contributed by atoms with E-state index in [2.05, 4.69) is 24.3 Å². The first-order chi connectivity index (χ1) is 16.1. The van der Waals surface area contributed by atoms with Crippen LogP contribution in [0, 0.1) is 0 Å². The summed E-state index contributed by atoms with van der Waals surface area (Å²) < 4.78 is 6.12. The van der Waals surface area contributed by atoms with Crippen molar-refractivity contribution >= 4 is 12.0 Å². The number of hydrogen-bond acceptors (Lipinski definition) is 4. The number of likely N-dealkylation sites (N-methyl/N-ethyl adjacent to an activating group) is 1. The van der Waals surface area contributed by atoms with Crippen molar-refractivity contribution in [1.29, 1.82) is 0 Å². The van der Waals surface area contributed by atoms with Crippen LogP contribution in [0.2, 0.25) is 0 Å². The average Bonchev–Trinajstić information content (AvgIpc) is 2.80. The van der Waals surface area contributed by atoms with Crippen LogP contribution in [0.3, 0.4) is 0 Å². The number of benzene rings is 2. The van der Waals surface area contributed by atoms with Gasteiger partial charge >= 0.3 is 6.09 Å². The lowest BCUT2D eigenvalue weighted by Gasteiger charge is -2.45. The topological polar surface area (TPSA) is 70.1 Å². The van der Waals surface area contributed by atoms with Crippen molar-refractivity contribution in [2.24, 2.45) is 0 Å². The highest BCUT2D eigenvalue weighted by Gasteiger charge is 2.46. The van der Waals surface area contributed by atoms with E-state index in [0.29, 0.717) is 31.7 Å². The van der Waals surface area contributed by atoms with Crippen molar-refractivity contribution in [3.63, 3.8) is 0 Å². The number of likely N-dealkylation sites (tertiary alicyclic amines) is 1. The molecule has 2 fully saturated rings. The van der Waals surface area contributed by atoms with Crippen LogP contribution in [0.4, 0.5) is 4.79 Å². The highest BCUT2D eigenvalue weighted by Crippen LogP contribution is 2.42. The van der Waals surface area contributed by atoms with Gasteiger partial charge in [0, 0.05) is 45.3 Å². The minimum Gasteiger partial charge on any atom is -0.438 e. The zero-order chi connectivity index (χ0) is 24.5. The predicted molar refractivity (Wildman–Crippen MR) is 131 cm³/mol. The van der Waals surface area contributed by atoms with Crippen LogP contribution in [0.15, 0.2) is 54.6 Å². The molecule has 0 aromatic heterocycles. The van der Waals surface area contributed by atoms with E-state index >= 15 is 0 Å². The highest BCUT2D eigenvalue weighted by molar-refractivity contribution is 5.77. The molecule has 0 saturated carbocycles. The zero-order valence-electron chi connectivity index (χ0n) is 20.7. The molecule has 6 heteroatoms. The van der Waals surface area contributed by atoms with Crippen LogP contribution in [0.1, 0.15) is 75.1 Å². The van der Waals surface area contributed by atoms with Crippen LogP contribution in [0.5, 0.6) is 0 Å². The quantitative estimate of drug-likeness (QED) is 0.654. The second-order valence-corrected chi connectivity index (χ2v) is 10.5. The van der Waals surface area contributed by atoms with Gasteiger partial charge in [-0.25, -0.2) is 4.79 Å². The normalized spacial score (nSPS) is 24.7. The molecule has 2 aromatic carbocycles. The van der Waals surface area contributed by atoms with Gasteiger partial charge in [-0.05, 0) is 43.9 Å². The van der Waals surface area contributed by atoms with Crippen LogP contribution in [-0.4, -0.2) is 52.6 Å². The van der Waals surface area contributed by atoms with E-state index in [1.54, 1.807) is 23.6 Å². The summed E-state index contributed by atoms with van der Waals surface area (Å²) in [6.07, 6.45) is 2.05. The molecule has 2 heterocycles. The van der Waals surface area contributed by atoms with Crippen molar-refractivity contribution in [1.82, 2.24) is 9.80 Å². The number of aliphatic hydroxyl groups is 1. The molecule has 1 N–H and O–H groups in total. The molecule has 2 aliphatic heterocycles. The fourth-order valence-electron chi connectivity index (χ4n) is 5.40. The Morgan fingerprint density at radius 3 is 2.38 bits per heavy atom. The molecular formula is C28H36N2O4. The number of carbonyl (C=O) groups is 2. The maximum Gasteiger partial charge on any atom is 0.411 e. The first kappa shape index (κ1) is 24.3. The van der Waals surface area contributed by atoms with Crippen LogP contribution in [0.25, 0.3) is 0 Å². The first-order valence-electron chi connectivity index (χ1n) is 12.2. The summed E-state index contributed by atoms with van der Waals surface area (Å²) in [4.78, 5) is 28.6. The number of cyclic esters (lactones) is 1. The fraction of sp³-hybridized carbons (Fsp3) is 0.500. The van der Waals surface area contributed by atoms with Crippen LogP contribution in [-0.2, 0) is 15.1 Å². The lowest BCUT2D eigenvalue weighted by molar-refractivity contribution is -0.132. The summed E-state index contributed by atoms with van der Waals surface area (Å²) >= 11 is 0. The van der Waals surface area contributed by atoms with Gasteiger partial charge < -0.3 is 19.6 Å². The van der Waals surface area contributed by atoms with E-state index in [9.17, 15) is 14.7 Å². The third-order valence-electron chi connectivity index (χ3n) is 7.28. The molecular weight excluding hydrogens is 428 g/mol. The van der Waals surface area contributed by atoms with Gasteiger partial charge in [-0.1, -0.05) is 54.6 Å². The Balaban J connectivity index is 1.48. The summed E-state index contributed by atoms with van der Waals surface area (Å²) in [5.74, 6) is 0.557. The molecule has 0 spiro atoms. The molecule has 0 bridgehead atoms. The number of nitrogens with zero attached hydrogens (tertiary/aromatic N) is 2. The minimum atomic E-state index is -0.975. The lowest BCUT2D eigenvalue weighted by Crippen LogP contribution is -2.51. The Morgan fingerprint density at radius 1 is 1.12 bits per heavy atom. The van der Waals surface area contributed by atoms with E-state index in [1.165, 1.54) is 5.56 Å². The number of ether oxygens (including phenoxy) is 1. The molecule has 4 rings (SSSR count). The Kier molecular flexibility index (Phi) is 6.72. The summed E-state index contributed by atoms with van der Waals surface area (Å²) in [7, 11) is 1.86. The van der Waals surface area contributed by atoms with Gasteiger partial charge in [0.1, 0.15) is 5.60 Å². The number of piperidine rings is 1. The van der Waals surface area contributed by atoms with E-state index in [-0.39, 0.29) is 18.0 Å². The minimum absolute atomic E-state index is 0.131. The number of amides is 2. The summed E-state index contributed by atoms with van der Waals surface area (Å²) in [6.45, 7) is 6.82. The van der Waals surface area contributed by atoms with Gasteiger partial charge in [0.25, 0.3) is 0 Å². The zero-order valence-corrected chi connectivity index (χ0v) is 20.7. The molecule has 182 valence electrons. The maximum atomic E-state index is 13.2. The Hall–Kier alpha value is -2.86. The molecule has 6 nitrogen and oxygen atoms in total. The molecule has 2 amide bonds. The second kappa shape index (κ2) is 9.41. The van der Waals surface area contributed by atoms with Crippen LogP contribution >= 0.6 is 0 Å². The third kappa shape index (κ3) is 5.12. The standard InChI is InChI=1S/C28H36N2O4/c1-20(21-10-12-22(13-11-21)23-14-15-25(31)29(4)18-23)30-17-16-28(34-26(30)32,19-27(2,3)33)24-8-6-5-7-9-24/h5-13,20,23,33H,14-19H2,1-4H3/t20?,23?,28-/m0/s1. The molecule has 2 aliphatic rings. The summed E-state index contributed by atoms with van der Waals surface area (Å²) in [5, 5.41) is 10.6. The van der Waals surface area contributed by atoms with E-state index < -0.39 is 11.2 Å². The van der Waals surface area contributed by atoms with Crippen molar-refractivity contribution < 1.29 is 19.4 Å². The van der Waals surface area contributed by atoms with E-state index in [1.807, 2.05) is 44.3 Å². The molecule has 2 aromatic rings. The third-order valence-corrected chi connectivity index (χ3v) is 7.28. The van der Waals surface area contributed by atoms with Crippen LogP contribution < -0.4 is 0 Å². The lowest BCUT2D eigenvalue weighted by atomic mass is 9.80. The first-order valence-corrected chi connectivity index (χ1v) is 12.2. The van der Waals surface area contributed by atoms with Gasteiger partial charge in [-0.2, -0.15) is 0 Å². The smallest absolute Gasteiger partial charge is 0.411 e. The molecule has 0 aliphatic carbocycles. The Labute approximate surface area is 202 Å². The monoisotopic (exact) mass is 464 g/mol. The van der Waals surface area contributed by atoms with Crippen molar-refractivity contribution in [2.45, 2.75) is 69.6 Å². The van der Waals surface area contributed by atoms with Crippen molar-refractivity contribution in [2.75, 3.05) is 20.1 Å². The highest BCUT2D eigenvalue weighted by atomic mass is 16.6. The molecule has 2 unspecified atom stereocenters. The predicted octanol–water partition coefficient (Wildman–Crippen LogP) is 4.98. The second-order valence-electron chi connectivity index (χ2n) is 10.5. The fourth-order valence-corrected chi connectivity index (χ4v) is 5.40. The molecule has 34 heavy (non-hydrogen) atoms. The average molecular weight is 465 g/mol. The SMILES string of the molecule is CC(c1ccc(C2CCC(=O)N(C)C2)cc1)N1CC[C@](CC(C)(C)O)(c2ccccc2)OC1=O. The van der Waals surface area contributed by atoms with Gasteiger partial charge in [0.05, 0.1) is 11.6 Å². The number of hydrogen-bond donors (Lipinski definition) is 1. The van der Waals surface area contributed by atoms with Crippen molar-refractivity contribution in [3.8, 4) is 0 Å². The summed E-state index contributed by atoms with van der Waals surface area (Å²) in [5.41, 5.74) is 1.37. The van der Waals surface area contributed by atoms with Gasteiger partial charge in [0.15, 0.2) is 0 Å². The Bertz CT molecular complexity index is 1010. The van der Waals surface area contributed by atoms with Gasteiger partial charge in [0.2, 0.25) is 5.91 Å². The largest absolute Gasteiger partial charge is 0.438 e. The van der Waals surface area contributed by atoms with Gasteiger partial charge in [-0.3, -0.25) is 4.79 Å². The molecule has 0 radical (unpaired) electrons.